The number of β-amino-alcohol motifs (C(OH)–C–C–N with tert-alkyl or cyclic N) is 1. The van der Waals surface area contributed by atoms with Crippen molar-refractivity contribution in [3.63, 3.8) is 0 Å². The van der Waals surface area contributed by atoms with Crippen LogP contribution in [-0.4, -0.2) is 91.1 Å². The van der Waals surface area contributed by atoms with Crippen molar-refractivity contribution < 1.29 is 59.4 Å². The maximum absolute atomic E-state index is 17.4. The number of alkyl halides is 3. The molecule has 1 unspecified atom stereocenters. The molecule has 14 nitrogen and oxygen atoms in total. The van der Waals surface area contributed by atoms with Crippen LogP contribution in [-0.2, 0) is 26.0 Å². The highest BCUT2D eigenvalue weighted by molar-refractivity contribution is 7.89. The molecular formula is C38H36F5N5O9S. The molecule has 1 aliphatic heterocycles. The van der Waals surface area contributed by atoms with E-state index in [9.17, 15) is 41.6 Å². The molecule has 1 amide bonds. The molecule has 1 N–H and O–H groups in total. The summed E-state index contributed by atoms with van der Waals surface area (Å²) < 4.78 is 116. The third kappa shape index (κ3) is 8.58. The van der Waals surface area contributed by atoms with E-state index in [0.717, 1.165) is 30.8 Å². The number of carbonyl (C=O) groups is 1. The van der Waals surface area contributed by atoms with Crippen molar-refractivity contribution in [2.75, 3.05) is 45.5 Å². The van der Waals surface area contributed by atoms with Gasteiger partial charge in [-0.3, -0.25) is 14.9 Å². The quantitative estimate of drug-likeness (QED) is 0.0618. The maximum Gasteiger partial charge on any atom is 0.422 e. The molecule has 1 aromatic heterocycles. The number of fused-ring (bicyclic) bond motifs is 2. The molecule has 6 rings (SSSR count). The van der Waals surface area contributed by atoms with Gasteiger partial charge in [0, 0.05) is 44.4 Å². The van der Waals surface area contributed by atoms with Gasteiger partial charge in [0.2, 0.25) is 5.91 Å². The average molecular weight is 834 g/mol. The number of hydrogen-bond acceptors (Lipinski definition) is 12. The van der Waals surface area contributed by atoms with Crippen molar-refractivity contribution in [1.29, 1.82) is 0 Å². The number of aromatic nitrogens is 2. The Kier molecular flexibility index (Phi) is 11.5. The summed E-state index contributed by atoms with van der Waals surface area (Å²) in [5, 5.41) is 23.2. The number of rotatable bonds is 12. The van der Waals surface area contributed by atoms with E-state index in [4.69, 9.17) is 14.2 Å². The summed E-state index contributed by atoms with van der Waals surface area (Å²) in [7, 11) is -2.17. The van der Waals surface area contributed by atoms with Gasteiger partial charge in [-0.15, -0.1) is 0 Å². The van der Waals surface area contributed by atoms with Gasteiger partial charge in [0.25, 0.3) is 15.7 Å². The van der Waals surface area contributed by atoms with Gasteiger partial charge in [-0.05, 0) is 67.8 Å². The first-order valence-corrected chi connectivity index (χ1v) is 19.0. The highest BCUT2D eigenvalue weighted by Gasteiger charge is 2.36. The zero-order valence-corrected chi connectivity index (χ0v) is 32.2. The van der Waals surface area contributed by atoms with Gasteiger partial charge in [-0.1, -0.05) is 23.8 Å². The number of anilines is 1. The first-order chi connectivity index (χ1) is 27.2. The van der Waals surface area contributed by atoms with Crippen LogP contribution in [0.5, 0.6) is 11.8 Å². The Labute approximate surface area is 328 Å². The normalized spacial score (nSPS) is 16.1. The Morgan fingerprint density at radius 1 is 1.09 bits per heavy atom. The first kappa shape index (κ1) is 41.9. The SMILES string of the molecule is COCOc1cc(-c2c([N+](=O)[O-])cc3c(N4CCCC(C)(O)C4)nc(OCC(F)(F)F)nc3c2F)c2c(CC(=O)N(C)S(=O)(=O)c3ccc(C)cc3)c(F)ccc2c1. The fourth-order valence-corrected chi connectivity index (χ4v) is 7.89. The van der Waals surface area contributed by atoms with Gasteiger partial charge in [0.15, 0.2) is 19.2 Å². The number of nitrogens with zero attached hydrogens (tertiary/aromatic N) is 5. The second-order valence-electron chi connectivity index (χ2n) is 14.0. The lowest BCUT2D eigenvalue weighted by Gasteiger charge is -2.38. The Morgan fingerprint density at radius 3 is 2.43 bits per heavy atom. The van der Waals surface area contributed by atoms with Crippen LogP contribution < -0.4 is 14.4 Å². The zero-order valence-electron chi connectivity index (χ0n) is 31.4. The number of carbonyl (C=O) groups excluding carboxylic acids is 1. The standard InChI is InChI=1S/C38H36F5N5O9S/c1-21-6-9-24(10-7-21)58(53,54)46(3)30(49)17-25-28(39)11-8-22-14-23(57-20-55-4)15-26(31(22)25)32-29(48(51)52)16-27-34(33(32)40)44-36(56-19-38(41,42)43)45-35(27)47-13-5-12-37(2,50)18-47/h6-11,14-16,50H,5,12-13,17-20H2,1-4H3. The zero-order chi connectivity index (χ0) is 42.3. The second-order valence-corrected chi connectivity index (χ2v) is 16.0. The molecule has 1 fully saturated rings. The van der Waals surface area contributed by atoms with Crippen LogP contribution in [0, 0.1) is 28.7 Å². The summed E-state index contributed by atoms with van der Waals surface area (Å²) in [6.07, 6.45) is -5.09. The maximum atomic E-state index is 17.4. The number of halogens is 5. The number of aliphatic hydroxyl groups is 1. The minimum Gasteiger partial charge on any atom is -0.468 e. The van der Waals surface area contributed by atoms with Crippen molar-refractivity contribution in [3.05, 3.63) is 87.5 Å². The van der Waals surface area contributed by atoms with Crippen LogP contribution in [0.25, 0.3) is 32.8 Å². The summed E-state index contributed by atoms with van der Waals surface area (Å²) in [5.41, 5.74) is -3.93. The first-order valence-electron chi connectivity index (χ1n) is 17.5. The third-order valence-electron chi connectivity index (χ3n) is 9.52. The number of nitro groups is 1. The van der Waals surface area contributed by atoms with E-state index in [2.05, 4.69) is 9.97 Å². The van der Waals surface area contributed by atoms with Gasteiger partial charge in [0.1, 0.15) is 22.9 Å². The number of likely N-dealkylation sites (N-methyl/N-ethyl adjacent to an activating group) is 1. The van der Waals surface area contributed by atoms with Crippen LogP contribution >= 0.6 is 0 Å². The third-order valence-corrected chi connectivity index (χ3v) is 11.3. The minimum atomic E-state index is -4.86. The molecule has 2 heterocycles. The van der Waals surface area contributed by atoms with Gasteiger partial charge < -0.3 is 24.2 Å². The fourth-order valence-electron chi connectivity index (χ4n) is 6.76. The van der Waals surface area contributed by atoms with E-state index >= 15 is 8.78 Å². The Hall–Kier alpha value is -5.73. The summed E-state index contributed by atoms with van der Waals surface area (Å²) in [6, 6.07) is 10.3. The summed E-state index contributed by atoms with van der Waals surface area (Å²) >= 11 is 0. The van der Waals surface area contributed by atoms with E-state index in [1.165, 1.54) is 55.3 Å². The van der Waals surface area contributed by atoms with E-state index in [1.54, 1.807) is 6.92 Å². The smallest absolute Gasteiger partial charge is 0.422 e. The monoisotopic (exact) mass is 833 g/mol. The fraction of sp³-hybridized carbons (Fsp3) is 0.342. The second kappa shape index (κ2) is 15.9. The lowest BCUT2D eigenvalue weighted by atomic mass is 9.90. The molecular weight excluding hydrogens is 798 g/mol. The molecule has 1 atom stereocenters. The van der Waals surface area contributed by atoms with Crippen molar-refractivity contribution >= 4 is 49.1 Å². The Bertz CT molecular complexity index is 2540. The van der Waals surface area contributed by atoms with E-state index in [1.807, 2.05) is 0 Å². The molecule has 4 aromatic carbocycles. The Balaban J connectivity index is 1.61. The van der Waals surface area contributed by atoms with Crippen LogP contribution in [0.15, 0.2) is 59.5 Å². The van der Waals surface area contributed by atoms with Crippen LogP contribution in [0.1, 0.15) is 30.9 Å². The van der Waals surface area contributed by atoms with Gasteiger partial charge in [0.05, 0.1) is 32.8 Å². The number of ether oxygens (including phenoxy) is 3. The number of hydrogen-bond donors (Lipinski definition) is 1. The number of aryl methyl sites for hydroxylation is 1. The molecule has 5 aromatic rings. The van der Waals surface area contributed by atoms with Gasteiger partial charge >= 0.3 is 12.2 Å². The summed E-state index contributed by atoms with van der Waals surface area (Å²) in [5.74, 6) is -3.95. The molecule has 308 valence electrons. The number of amides is 1. The molecule has 1 saturated heterocycles. The molecule has 0 spiro atoms. The molecule has 1 aliphatic rings. The molecule has 0 bridgehead atoms. The topological polar surface area (TPSA) is 175 Å². The van der Waals surface area contributed by atoms with E-state index < -0.39 is 91.2 Å². The summed E-state index contributed by atoms with van der Waals surface area (Å²) in [4.78, 5) is 34.8. The lowest BCUT2D eigenvalue weighted by Crippen LogP contribution is -2.46. The Morgan fingerprint density at radius 2 is 1.79 bits per heavy atom. The van der Waals surface area contributed by atoms with E-state index in [0.29, 0.717) is 17.1 Å². The van der Waals surface area contributed by atoms with Crippen molar-refractivity contribution in [2.45, 2.75) is 49.8 Å². The van der Waals surface area contributed by atoms with Gasteiger partial charge in [-0.25, -0.2) is 21.5 Å². The minimum absolute atomic E-state index is 0.0609. The molecule has 0 radical (unpaired) electrons. The van der Waals surface area contributed by atoms with Gasteiger partial charge in [-0.2, -0.15) is 23.1 Å². The molecule has 0 saturated carbocycles. The predicted molar refractivity (Wildman–Crippen MR) is 200 cm³/mol. The predicted octanol–water partition coefficient (Wildman–Crippen LogP) is 6.61. The number of benzene rings is 4. The highest BCUT2D eigenvalue weighted by Crippen LogP contribution is 2.45. The number of nitro benzene ring substituents is 1. The van der Waals surface area contributed by atoms with Crippen LogP contribution in [0.2, 0.25) is 0 Å². The average Bonchev–Trinajstić information content (AvgIpc) is 3.15. The molecule has 58 heavy (non-hydrogen) atoms. The molecule has 20 heteroatoms. The van der Waals surface area contributed by atoms with E-state index in [-0.39, 0.29) is 52.5 Å². The largest absolute Gasteiger partial charge is 0.468 e. The van der Waals surface area contributed by atoms with Crippen molar-refractivity contribution in [3.8, 4) is 22.9 Å². The van der Waals surface area contributed by atoms with Crippen molar-refractivity contribution in [2.24, 2.45) is 0 Å². The lowest BCUT2D eigenvalue weighted by molar-refractivity contribution is -0.384. The van der Waals surface area contributed by atoms with Crippen LogP contribution in [0.4, 0.5) is 33.5 Å². The number of methoxy groups -OCH3 is 1. The highest BCUT2D eigenvalue weighted by atomic mass is 32.2. The number of sulfonamides is 1. The van der Waals surface area contributed by atoms with Crippen LogP contribution in [0.3, 0.4) is 0 Å². The van der Waals surface area contributed by atoms with Crippen molar-refractivity contribution in [1.82, 2.24) is 14.3 Å². The molecule has 0 aliphatic carbocycles. The number of piperidine rings is 1. The summed E-state index contributed by atoms with van der Waals surface area (Å²) in [6.45, 7) is 1.04.